The molecule has 92 valence electrons. The molecule has 0 aliphatic carbocycles. The third-order valence-electron chi connectivity index (χ3n) is 2.70. The van der Waals surface area contributed by atoms with Crippen molar-refractivity contribution in [2.24, 2.45) is 4.99 Å². The molecule has 1 aliphatic heterocycles. The molecule has 18 heavy (non-hydrogen) atoms. The molecule has 0 amide bonds. The minimum Gasteiger partial charge on any atom is -0.353 e. The van der Waals surface area contributed by atoms with Crippen LogP contribution in [-0.4, -0.2) is 28.7 Å². The number of fused-ring (bicyclic) bond motifs is 1. The molecule has 0 saturated carbocycles. The van der Waals surface area contributed by atoms with E-state index in [1.807, 2.05) is 0 Å². The molecule has 7 heteroatoms. The largest absolute Gasteiger partial charge is 0.353 e. The van der Waals surface area contributed by atoms with Gasteiger partial charge in [-0.2, -0.15) is 4.68 Å². The van der Waals surface area contributed by atoms with Gasteiger partial charge in [-0.25, -0.2) is 4.79 Å². The first-order chi connectivity index (χ1) is 8.75. The molecule has 0 atom stereocenters. The standard InChI is InChI=1S/C11H11N5O2/c17-9-7-3-1-2-4-8(7)14-11(18)16(9)15-10-12-5-6-13-10/h1-4H,5-6H2,(H,14,18)(H2,12,13,15). The summed E-state index contributed by atoms with van der Waals surface area (Å²) < 4.78 is 0.916. The van der Waals surface area contributed by atoms with Crippen LogP contribution in [0.25, 0.3) is 10.9 Å². The van der Waals surface area contributed by atoms with Crippen LogP contribution in [0, 0.1) is 0 Å². The number of hydrogen-bond donors (Lipinski definition) is 3. The number of para-hydroxylation sites is 1. The van der Waals surface area contributed by atoms with Crippen LogP contribution in [0.5, 0.6) is 0 Å². The molecule has 7 nitrogen and oxygen atoms in total. The maximum atomic E-state index is 12.1. The summed E-state index contributed by atoms with van der Waals surface area (Å²) in [6.45, 7) is 1.32. The van der Waals surface area contributed by atoms with Crippen LogP contribution in [0.2, 0.25) is 0 Å². The normalized spacial score (nSPS) is 14.3. The van der Waals surface area contributed by atoms with E-state index in [1.54, 1.807) is 24.3 Å². The van der Waals surface area contributed by atoms with E-state index in [1.165, 1.54) is 0 Å². The summed E-state index contributed by atoms with van der Waals surface area (Å²) >= 11 is 0. The quantitative estimate of drug-likeness (QED) is 0.613. The first kappa shape index (κ1) is 10.6. The predicted molar refractivity (Wildman–Crippen MR) is 68.5 cm³/mol. The van der Waals surface area contributed by atoms with E-state index in [9.17, 15) is 9.59 Å². The van der Waals surface area contributed by atoms with Crippen molar-refractivity contribution < 1.29 is 0 Å². The van der Waals surface area contributed by atoms with Gasteiger partial charge >= 0.3 is 5.69 Å². The second kappa shape index (κ2) is 4.02. The van der Waals surface area contributed by atoms with Crippen molar-refractivity contribution in [3.63, 3.8) is 0 Å². The van der Waals surface area contributed by atoms with Crippen molar-refractivity contribution >= 4 is 16.9 Å². The second-order valence-corrected chi connectivity index (χ2v) is 3.89. The lowest BCUT2D eigenvalue weighted by atomic mass is 10.2. The average molecular weight is 245 g/mol. The molecule has 3 N–H and O–H groups in total. The van der Waals surface area contributed by atoms with Gasteiger partial charge in [0.1, 0.15) is 0 Å². The highest BCUT2D eigenvalue weighted by Gasteiger charge is 2.10. The third kappa shape index (κ3) is 1.65. The fourth-order valence-corrected chi connectivity index (χ4v) is 1.84. The number of aliphatic imine (C=N–C) groups is 1. The summed E-state index contributed by atoms with van der Waals surface area (Å²) in [6.07, 6.45) is 0. The number of nitrogens with one attached hydrogen (secondary N) is 3. The Balaban J connectivity index is 2.17. The highest BCUT2D eigenvalue weighted by atomic mass is 16.2. The highest BCUT2D eigenvalue weighted by molar-refractivity contribution is 5.88. The zero-order valence-electron chi connectivity index (χ0n) is 9.43. The van der Waals surface area contributed by atoms with Gasteiger partial charge in [-0.15, -0.1) is 0 Å². The lowest BCUT2D eigenvalue weighted by molar-refractivity contribution is 0.827. The summed E-state index contributed by atoms with van der Waals surface area (Å²) in [6, 6.07) is 6.86. The monoisotopic (exact) mass is 245 g/mol. The van der Waals surface area contributed by atoms with Crippen LogP contribution in [0.3, 0.4) is 0 Å². The molecule has 1 aromatic carbocycles. The number of aromatic amines is 1. The Morgan fingerprint density at radius 2 is 2.11 bits per heavy atom. The summed E-state index contributed by atoms with van der Waals surface area (Å²) in [5, 5.41) is 3.38. The van der Waals surface area contributed by atoms with E-state index in [4.69, 9.17) is 0 Å². The van der Waals surface area contributed by atoms with Crippen molar-refractivity contribution in [1.29, 1.82) is 0 Å². The minimum absolute atomic E-state index is 0.397. The van der Waals surface area contributed by atoms with Crippen LogP contribution in [0.1, 0.15) is 0 Å². The Morgan fingerprint density at radius 3 is 2.89 bits per heavy atom. The van der Waals surface area contributed by atoms with Gasteiger partial charge in [-0.1, -0.05) is 12.1 Å². The number of guanidine groups is 1. The number of aromatic nitrogens is 2. The summed E-state index contributed by atoms with van der Waals surface area (Å²) in [7, 11) is 0. The Bertz CT molecular complexity index is 743. The topological polar surface area (TPSA) is 91.3 Å². The molecule has 0 fully saturated rings. The van der Waals surface area contributed by atoms with Gasteiger partial charge in [0.05, 0.1) is 17.4 Å². The Morgan fingerprint density at radius 1 is 1.28 bits per heavy atom. The van der Waals surface area contributed by atoms with E-state index in [2.05, 4.69) is 20.7 Å². The summed E-state index contributed by atoms with van der Waals surface area (Å²) in [4.78, 5) is 30.6. The first-order valence-corrected chi connectivity index (χ1v) is 5.55. The van der Waals surface area contributed by atoms with Gasteiger partial charge in [-0.3, -0.25) is 15.2 Å². The molecule has 0 saturated heterocycles. The molecule has 2 heterocycles. The zero-order chi connectivity index (χ0) is 12.5. The van der Waals surface area contributed by atoms with Gasteiger partial charge in [0.25, 0.3) is 5.56 Å². The lowest BCUT2D eigenvalue weighted by Gasteiger charge is -2.08. The first-order valence-electron chi connectivity index (χ1n) is 5.55. The van der Waals surface area contributed by atoms with Crippen LogP contribution >= 0.6 is 0 Å². The van der Waals surface area contributed by atoms with Crippen LogP contribution in [0.15, 0.2) is 38.8 Å². The maximum absolute atomic E-state index is 12.1. The SMILES string of the molecule is O=c1[nH]c2ccccc2c(=O)n1NC1=NCCN1. The fourth-order valence-electron chi connectivity index (χ4n) is 1.84. The molecule has 0 bridgehead atoms. The van der Waals surface area contributed by atoms with Gasteiger partial charge in [0.2, 0.25) is 5.96 Å². The van der Waals surface area contributed by atoms with E-state index in [0.717, 1.165) is 4.68 Å². The Labute approximate surface area is 101 Å². The molecular weight excluding hydrogens is 234 g/mol. The number of hydrogen-bond acceptors (Lipinski definition) is 5. The number of H-pyrrole nitrogens is 1. The van der Waals surface area contributed by atoms with Crippen molar-refractivity contribution in [3.05, 3.63) is 45.1 Å². The number of benzene rings is 1. The molecule has 1 aromatic heterocycles. The third-order valence-corrected chi connectivity index (χ3v) is 2.70. The molecular formula is C11H11N5O2. The van der Waals surface area contributed by atoms with Crippen molar-refractivity contribution in [1.82, 2.24) is 15.0 Å². The van der Waals surface area contributed by atoms with Crippen molar-refractivity contribution in [2.75, 3.05) is 18.5 Å². The van der Waals surface area contributed by atoms with Crippen LogP contribution in [0.4, 0.5) is 0 Å². The molecule has 0 radical (unpaired) electrons. The fraction of sp³-hybridized carbons (Fsp3) is 0.182. The molecule has 3 rings (SSSR count). The van der Waals surface area contributed by atoms with E-state index >= 15 is 0 Å². The zero-order valence-corrected chi connectivity index (χ0v) is 9.43. The van der Waals surface area contributed by atoms with Crippen LogP contribution in [-0.2, 0) is 0 Å². The second-order valence-electron chi connectivity index (χ2n) is 3.89. The van der Waals surface area contributed by atoms with E-state index in [-0.39, 0.29) is 0 Å². The highest BCUT2D eigenvalue weighted by Crippen LogP contribution is 2.02. The van der Waals surface area contributed by atoms with Gasteiger partial charge in [0.15, 0.2) is 0 Å². The van der Waals surface area contributed by atoms with E-state index in [0.29, 0.717) is 30.0 Å². The Hall–Kier alpha value is -2.57. The Kier molecular flexibility index (Phi) is 2.36. The summed E-state index contributed by atoms with van der Waals surface area (Å²) in [5.74, 6) is 0.429. The number of rotatable bonds is 1. The molecule has 1 aliphatic rings. The lowest BCUT2D eigenvalue weighted by Crippen LogP contribution is -2.46. The van der Waals surface area contributed by atoms with Gasteiger partial charge in [0, 0.05) is 6.54 Å². The van der Waals surface area contributed by atoms with Crippen molar-refractivity contribution in [3.8, 4) is 0 Å². The predicted octanol–water partition coefficient (Wildman–Crippen LogP) is -0.807. The maximum Gasteiger partial charge on any atom is 0.348 e. The summed E-state index contributed by atoms with van der Waals surface area (Å²) in [5.41, 5.74) is 2.27. The van der Waals surface area contributed by atoms with Gasteiger partial charge < -0.3 is 10.3 Å². The average Bonchev–Trinajstić information content (AvgIpc) is 2.87. The molecule has 2 aromatic rings. The molecule has 0 unspecified atom stereocenters. The van der Waals surface area contributed by atoms with E-state index < -0.39 is 11.2 Å². The number of nitrogens with zero attached hydrogens (tertiary/aromatic N) is 2. The smallest absolute Gasteiger partial charge is 0.348 e. The minimum atomic E-state index is -0.518. The van der Waals surface area contributed by atoms with Crippen LogP contribution < -0.4 is 22.0 Å². The van der Waals surface area contributed by atoms with Gasteiger partial charge in [-0.05, 0) is 12.1 Å². The molecule has 0 spiro atoms. The van der Waals surface area contributed by atoms with Crippen molar-refractivity contribution in [2.45, 2.75) is 0 Å².